The number of aliphatic hydroxyl groups is 1. The van der Waals surface area contributed by atoms with Gasteiger partial charge in [-0.2, -0.15) is 16.9 Å². The summed E-state index contributed by atoms with van der Waals surface area (Å²) in [5.41, 5.74) is 3.05. The lowest BCUT2D eigenvalue weighted by molar-refractivity contribution is 0.0320. The number of hydrogen-bond acceptors (Lipinski definition) is 4. The summed E-state index contributed by atoms with van der Waals surface area (Å²) in [6, 6.07) is 0. The van der Waals surface area contributed by atoms with Crippen LogP contribution in [0.2, 0.25) is 0 Å². The Morgan fingerprint density at radius 2 is 1.90 bits per heavy atom. The van der Waals surface area contributed by atoms with Crippen molar-refractivity contribution in [3.05, 3.63) is 17.0 Å². The van der Waals surface area contributed by atoms with Gasteiger partial charge < -0.3 is 10.4 Å². The Hall–Kier alpha value is -0.520. The van der Waals surface area contributed by atoms with Crippen LogP contribution in [0.15, 0.2) is 0 Å². The van der Waals surface area contributed by atoms with Gasteiger partial charge in [-0.3, -0.25) is 4.68 Å². The molecule has 120 valence electrons. The molecule has 0 atom stereocenters. The number of aromatic nitrogens is 2. The molecule has 1 aliphatic heterocycles. The molecule has 0 aliphatic carbocycles. The minimum Gasteiger partial charge on any atom is -0.389 e. The zero-order valence-corrected chi connectivity index (χ0v) is 14.8. The second-order valence-corrected chi connectivity index (χ2v) is 8.40. The van der Waals surface area contributed by atoms with Crippen LogP contribution in [0.25, 0.3) is 0 Å². The topological polar surface area (TPSA) is 50.1 Å². The van der Waals surface area contributed by atoms with E-state index in [4.69, 9.17) is 0 Å². The molecule has 5 heteroatoms. The standard InChI is InChI=1S/C16H29N3OS/c1-12-14(13(2)19(18-12)15(3,4)5)10-17-11-16(20)6-8-21-9-7-16/h17,20H,6-11H2,1-5H3. The number of thioether (sulfide) groups is 1. The van der Waals surface area contributed by atoms with Crippen LogP contribution in [-0.4, -0.2) is 38.5 Å². The van der Waals surface area contributed by atoms with Crippen LogP contribution < -0.4 is 5.32 Å². The minimum absolute atomic E-state index is 0.00584. The molecule has 1 aliphatic rings. The Bertz CT molecular complexity index is 484. The summed E-state index contributed by atoms with van der Waals surface area (Å²) in [6.45, 7) is 12.2. The maximum absolute atomic E-state index is 10.5. The first-order chi connectivity index (χ1) is 9.73. The minimum atomic E-state index is -0.521. The van der Waals surface area contributed by atoms with Gasteiger partial charge in [0.05, 0.1) is 16.8 Å². The Labute approximate surface area is 132 Å². The fourth-order valence-corrected chi connectivity index (χ4v) is 4.18. The lowest BCUT2D eigenvalue weighted by Gasteiger charge is -2.32. The molecule has 21 heavy (non-hydrogen) atoms. The quantitative estimate of drug-likeness (QED) is 0.897. The first kappa shape index (κ1) is 16.8. The average molecular weight is 311 g/mol. The van der Waals surface area contributed by atoms with E-state index in [9.17, 15) is 5.11 Å². The summed E-state index contributed by atoms with van der Waals surface area (Å²) in [7, 11) is 0. The zero-order chi connectivity index (χ0) is 15.7. The molecule has 1 aromatic heterocycles. The van der Waals surface area contributed by atoms with E-state index in [0.29, 0.717) is 6.54 Å². The van der Waals surface area contributed by atoms with Gasteiger partial charge in [-0.05, 0) is 59.0 Å². The van der Waals surface area contributed by atoms with Gasteiger partial charge in [0.1, 0.15) is 0 Å². The van der Waals surface area contributed by atoms with Gasteiger partial charge in [0, 0.05) is 24.3 Å². The molecule has 2 heterocycles. The highest BCUT2D eigenvalue weighted by atomic mass is 32.2. The Kier molecular flexibility index (Phi) is 5.06. The molecule has 1 aromatic rings. The fourth-order valence-electron chi connectivity index (χ4n) is 2.93. The van der Waals surface area contributed by atoms with E-state index in [0.717, 1.165) is 36.6 Å². The molecule has 2 N–H and O–H groups in total. The van der Waals surface area contributed by atoms with Crippen molar-refractivity contribution in [1.29, 1.82) is 0 Å². The van der Waals surface area contributed by atoms with Crippen molar-refractivity contribution in [2.24, 2.45) is 0 Å². The maximum Gasteiger partial charge on any atom is 0.0787 e. The molecule has 0 spiro atoms. The summed E-state index contributed by atoms with van der Waals surface area (Å²) < 4.78 is 2.10. The summed E-state index contributed by atoms with van der Waals surface area (Å²) >= 11 is 1.94. The molecule has 0 radical (unpaired) electrons. The van der Waals surface area contributed by atoms with Crippen molar-refractivity contribution in [3.8, 4) is 0 Å². The first-order valence-electron chi connectivity index (χ1n) is 7.79. The third-order valence-electron chi connectivity index (χ3n) is 4.26. The number of hydrogen-bond donors (Lipinski definition) is 2. The lowest BCUT2D eigenvalue weighted by Crippen LogP contribution is -2.43. The molecular formula is C16H29N3OS. The molecule has 0 unspecified atom stereocenters. The lowest BCUT2D eigenvalue weighted by atomic mass is 9.97. The van der Waals surface area contributed by atoms with Crippen LogP contribution in [0.1, 0.15) is 50.6 Å². The van der Waals surface area contributed by atoms with Gasteiger partial charge in [0.2, 0.25) is 0 Å². The highest BCUT2D eigenvalue weighted by Gasteiger charge is 2.29. The number of aryl methyl sites for hydroxylation is 1. The van der Waals surface area contributed by atoms with Crippen LogP contribution in [0, 0.1) is 13.8 Å². The van der Waals surface area contributed by atoms with Crippen LogP contribution >= 0.6 is 11.8 Å². The van der Waals surface area contributed by atoms with E-state index in [2.05, 4.69) is 49.7 Å². The van der Waals surface area contributed by atoms with Crippen LogP contribution in [0.5, 0.6) is 0 Å². The van der Waals surface area contributed by atoms with Gasteiger partial charge in [0.15, 0.2) is 0 Å². The zero-order valence-electron chi connectivity index (χ0n) is 14.0. The van der Waals surface area contributed by atoms with E-state index in [1.54, 1.807) is 0 Å². The average Bonchev–Trinajstić information content (AvgIpc) is 2.67. The third kappa shape index (κ3) is 4.02. The normalized spacial score (nSPS) is 19.0. The molecule has 2 rings (SSSR count). The number of nitrogens with zero attached hydrogens (tertiary/aromatic N) is 2. The van der Waals surface area contributed by atoms with Crippen molar-refractivity contribution in [1.82, 2.24) is 15.1 Å². The predicted octanol–water partition coefficient (Wildman–Crippen LogP) is 2.60. The Morgan fingerprint density at radius 1 is 1.29 bits per heavy atom. The second kappa shape index (κ2) is 6.31. The monoisotopic (exact) mass is 311 g/mol. The smallest absolute Gasteiger partial charge is 0.0787 e. The number of nitrogens with one attached hydrogen (secondary N) is 1. The molecule has 0 saturated carbocycles. The first-order valence-corrected chi connectivity index (χ1v) is 8.95. The SMILES string of the molecule is Cc1nn(C(C)(C)C)c(C)c1CNCC1(O)CCSCC1. The van der Waals surface area contributed by atoms with Crippen molar-refractivity contribution in [3.63, 3.8) is 0 Å². The summed E-state index contributed by atoms with van der Waals surface area (Å²) in [5, 5.41) is 18.6. The van der Waals surface area contributed by atoms with Crippen LogP contribution in [-0.2, 0) is 12.1 Å². The largest absolute Gasteiger partial charge is 0.389 e. The van der Waals surface area contributed by atoms with Crippen molar-refractivity contribution < 1.29 is 5.11 Å². The molecule has 1 saturated heterocycles. The summed E-state index contributed by atoms with van der Waals surface area (Å²) in [4.78, 5) is 0. The number of rotatable bonds is 4. The van der Waals surface area contributed by atoms with Crippen molar-refractivity contribution in [2.75, 3.05) is 18.1 Å². The Morgan fingerprint density at radius 3 is 2.43 bits per heavy atom. The van der Waals surface area contributed by atoms with Crippen LogP contribution in [0.4, 0.5) is 0 Å². The highest BCUT2D eigenvalue weighted by Crippen LogP contribution is 2.26. The predicted molar refractivity (Wildman–Crippen MR) is 89.9 cm³/mol. The molecule has 0 amide bonds. The second-order valence-electron chi connectivity index (χ2n) is 7.17. The molecular weight excluding hydrogens is 282 g/mol. The molecule has 4 nitrogen and oxygen atoms in total. The molecule has 0 bridgehead atoms. The van der Waals surface area contributed by atoms with E-state index < -0.39 is 5.60 Å². The highest BCUT2D eigenvalue weighted by molar-refractivity contribution is 7.99. The fraction of sp³-hybridized carbons (Fsp3) is 0.812. The molecule has 1 fully saturated rings. The van der Waals surface area contributed by atoms with Gasteiger partial charge >= 0.3 is 0 Å². The van der Waals surface area contributed by atoms with E-state index in [1.807, 2.05) is 11.8 Å². The maximum atomic E-state index is 10.5. The van der Waals surface area contributed by atoms with Gasteiger partial charge in [-0.1, -0.05) is 0 Å². The van der Waals surface area contributed by atoms with E-state index in [-0.39, 0.29) is 5.54 Å². The van der Waals surface area contributed by atoms with Gasteiger partial charge in [-0.25, -0.2) is 0 Å². The summed E-state index contributed by atoms with van der Waals surface area (Å²) in [6.07, 6.45) is 1.79. The van der Waals surface area contributed by atoms with E-state index >= 15 is 0 Å². The van der Waals surface area contributed by atoms with Crippen molar-refractivity contribution in [2.45, 2.75) is 65.1 Å². The van der Waals surface area contributed by atoms with Gasteiger partial charge in [-0.15, -0.1) is 0 Å². The Balaban J connectivity index is 1.99. The van der Waals surface area contributed by atoms with Gasteiger partial charge in [0.25, 0.3) is 0 Å². The molecule has 0 aromatic carbocycles. The van der Waals surface area contributed by atoms with Crippen LogP contribution in [0.3, 0.4) is 0 Å². The van der Waals surface area contributed by atoms with Crippen molar-refractivity contribution >= 4 is 11.8 Å². The summed E-state index contributed by atoms with van der Waals surface area (Å²) in [5.74, 6) is 2.14. The third-order valence-corrected chi connectivity index (χ3v) is 5.24. The van der Waals surface area contributed by atoms with E-state index in [1.165, 1.54) is 11.3 Å².